The number of ether oxygens (including phenoxy) is 2. The third kappa shape index (κ3) is 4.38. The van der Waals surface area contributed by atoms with E-state index in [1.807, 2.05) is 0 Å². The van der Waals surface area contributed by atoms with E-state index in [0.29, 0.717) is 11.1 Å². The number of fused-ring (bicyclic) bond motifs is 1. The molecule has 0 aliphatic carbocycles. The lowest BCUT2D eigenvalue weighted by atomic mass is 10.1. The molecule has 35 heavy (non-hydrogen) atoms. The van der Waals surface area contributed by atoms with Gasteiger partial charge in [-0.1, -0.05) is 6.58 Å². The minimum Gasteiger partial charge on any atom is -0.494 e. The average molecular weight is 484 g/mol. The number of halogens is 2. The zero-order chi connectivity index (χ0) is 25.3. The molecule has 180 valence electrons. The number of nitrogens with one attached hydrogen (secondary N) is 2. The minimum absolute atomic E-state index is 0.0269. The van der Waals surface area contributed by atoms with Crippen LogP contribution in [0.3, 0.4) is 0 Å². The van der Waals surface area contributed by atoms with Gasteiger partial charge < -0.3 is 24.5 Å². The average Bonchev–Trinajstić information content (AvgIpc) is 3.41. The first-order chi connectivity index (χ1) is 16.7. The van der Waals surface area contributed by atoms with Crippen molar-refractivity contribution in [3.8, 4) is 11.5 Å². The maximum absolute atomic E-state index is 14.7. The Morgan fingerprint density at radius 1 is 1.17 bits per heavy atom. The molecule has 0 aliphatic heterocycles. The quantitative estimate of drug-likeness (QED) is 0.285. The Morgan fingerprint density at radius 3 is 2.49 bits per heavy atom. The van der Waals surface area contributed by atoms with Crippen LogP contribution in [0.2, 0.25) is 0 Å². The molecule has 0 bridgehead atoms. The molecule has 0 unspecified atom stereocenters. The second kappa shape index (κ2) is 9.21. The normalized spacial score (nSPS) is 10.8. The van der Waals surface area contributed by atoms with Gasteiger partial charge in [0.05, 0.1) is 25.8 Å². The summed E-state index contributed by atoms with van der Waals surface area (Å²) in [6.45, 7) is 3.39. The number of nitrogens with zero attached hydrogens (tertiary/aromatic N) is 4. The molecule has 4 rings (SSSR count). The predicted molar refractivity (Wildman–Crippen MR) is 120 cm³/mol. The van der Waals surface area contributed by atoms with Crippen molar-refractivity contribution in [2.45, 2.75) is 0 Å². The number of amides is 1. The van der Waals surface area contributed by atoms with Gasteiger partial charge in [0.25, 0.3) is 0 Å². The van der Waals surface area contributed by atoms with E-state index in [0.717, 1.165) is 12.1 Å². The summed E-state index contributed by atoms with van der Waals surface area (Å²) < 4.78 is 46.1. The summed E-state index contributed by atoms with van der Waals surface area (Å²) in [5.41, 5.74) is -0.592. The van der Waals surface area contributed by atoms with Gasteiger partial charge in [-0.25, -0.2) is 13.8 Å². The molecule has 1 amide bonds. The molecular formula is C22H18F2N6O5. The van der Waals surface area contributed by atoms with E-state index in [4.69, 9.17) is 13.9 Å². The maximum atomic E-state index is 14.7. The lowest BCUT2D eigenvalue weighted by molar-refractivity contribution is -0.111. The van der Waals surface area contributed by atoms with Crippen LogP contribution >= 0.6 is 0 Å². The number of aryl methyl sites for hydroxylation is 1. The van der Waals surface area contributed by atoms with Crippen LogP contribution in [0.15, 0.2) is 41.6 Å². The molecule has 0 atom stereocenters. The smallest absolute Gasteiger partial charge is 0.247 e. The SMILES string of the molecule is C=CC(=O)Nc1cn(C)nc1Nc1ncc2cc(C(=O)c3c(F)c(OC)cc(OC)c3F)oc2n1. The minimum atomic E-state index is -1.20. The second-order valence-electron chi connectivity index (χ2n) is 7.06. The number of carbonyl (C=O) groups is 2. The first kappa shape index (κ1) is 23.4. The molecular weight excluding hydrogens is 466 g/mol. The molecule has 11 nitrogen and oxygen atoms in total. The monoisotopic (exact) mass is 484 g/mol. The van der Waals surface area contributed by atoms with Gasteiger partial charge in [0.15, 0.2) is 34.7 Å². The van der Waals surface area contributed by atoms with Gasteiger partial charge in [-0.15, -0.1) is 0 Å². The molecule has 4 aromatic rings. The summed E-state index contributed by atoms with van der Waals surface area (Å²) in [5.74, 6) is -4.78. The maximum Gasteiger partial charge on any atom is 0.247 e. The van der Waals surface area contributed by atoms with Crippen molar-refractivity contribution in [1.82, 2.24) is 19.7 Å². The van der Waals surface area contributed by atoms with Gasteiger partial charge in [-0.05, 0) is 12.1 Å². The van der Waals surface area contributed by atoms with Crippen LogP contribution < -0.4 is 20.1 Å². The second-order valence-corrected chi connectivity index (χ2v) is 7.06. The van der Waals surface area contributed by atoms with E-state index in [-0.39, 0.29) is 34.7 Å². The molecule has 2 N–H and O–H groups in total. The summed E-state index contributed by atoms with van der Waals surface area (Å²) in [7, 11) is 3.99. The predicted octanol–water partition coefficient (Wildman–Crippen LogP) is 3.35. The number of aromatic nitrogens is 4. The van der Waals surface area contributed by atoms with Gasteiger partial charge in [-0.3, -0.25) is 14.3 Å². The largest absolute Gasteiger partial charge is 0.494 e. The number of hydrogen-bond acceptors (Lipinski definition) is 9. The molecule has 13 heteroatoms. The van der Waals surface area contributed by atoms with Gasteiger partial charge in [0, 0.05) is 19.3 Å². The van der Waals surface area contributed by atoms with Crippen molar-refractivity contribution in [2.75, 3.05) is 24.9 Å². The van der Waals surface area contributed by atoms with E-state index >= 15 is 0 Å². The van der Waals surface area contributed by atoms with Crippen LogP contribution in [-0.4, -0.2) is 45.7 Å². The number of furan rings is 1. The Labute approximate surface area is 196 Å². The summed E-state index contributed by atoms with van der Waals surface area (Å²) in [6.07, 6.45) is 4.00. The molecule has 1 aromatic carbocycles. The zero-order valence-electron chi connectivity index (χ0n) is 18.7. The third-order valence-electron chi connectivity index (χ3n) is 4.80. The number of benzene rings is 1. The number of hydrogen-bond donors (Lipinski definition) is 2. The fraction of sp³-hybridized carbons (Fsp3) is 0.136. The molecule has 3 heterocycles. The highest BCUT2D eigenvalue weighted by molar-refractivity contribution is 6.09. The van der Waals surface area contributed by atoms with Crippen molar-refractivity contribution >= 4 is 40.2 Å². The van der Waals surface area contributed by atoms with Crippen LogP contribution in [0.5, 0.6) is 11.5 Å². The topological polar surface area (TPSA) is 133 Å². The van der Waals surface area contributed by atoms with Crippen molar-refractivity contribution in [3.63, 3.8) is 0 Å². The zero-order valence-corrected chi connectivity index (χ0v) is 18.7. The lowest BCUT2D eigenvalue weighted by Gasteiger charge is -2.10. The van der Waals surface area contributed by atoms with E-state index in [2.05, 4.69) is 32.3 Å². The summed E-state index contributed by atoms with van der Waals surface area (Å²) in [4.78, 5) is 32.9. The number of ketones is 1. The molecule has 0 saturated heterocycles. The fourth-order valence-electron chi connectivity index (χ4n) is 3.17. The Hall–Kier alpha value is -4.81. The van der Waals surface area contributed by atoms with Crippen molar-refractivity contribution in [1.29, 1.82) is 0 Å². The Balaban J connectivity index is 1.68. The van der Waals surface area contributed by atoms with Crippen LogP contribution in [-0.2, 0) is 11.8 Å². The highest BCUT2D eigenvalue weighted by Gasteiger charge is 2.28. The number of rotatable bonds is 8. The van der Waals surface area contributed by atoms with Gasteiger partial charge in [0.2, 0.25) is 23.4 Å². The fourth-order valence-corrected chi connectivity index (χ4v) is 3.17. The van der Waals surface area contributed by atoms with E-state index in [1.165, 1.54) is 31.2 Å². The molecule has 0 fully saturated rings. The Morgan fingerprint density at radius 2 is 1.86 bits per heavy atom. The van der Waals surface area contributed by atoms with Gasteiger partial charge in [-0.2, -0.15) is 10.1 Å². The lowest BCUT2D eigenvalue weighted by Crippen LogP contribution is -2.09. The highest BCUT2D eigenvalue weighted by atomic mass is 19.1. The van der Waals surface area contributed by atoms with Crippen molar-refractivity contribution < 1.29 is 32.3 Å². The summed E-state index contributed by atoms with van der Waals surface area (Å²) in [5, 5.41) is 9.90. The number of anilines is 3. The third-order valence-corrected chi connectivity index (χ3v) is 4.80. The molecule has 3 aromatic heterocycles. The van der Waals surface area contributed by atoms with Crippen molar-refractivity contribution in [2.24, 2.45) is 7.05 Å². The molecule has 0 spiro atoms. The molecule has 0 saturated carbocycles. The van der Waals surface area contributed by atoms with E-state index < -0.39 is 28.9 Å². The van der Waals surface area contributed by atoms with Crippen LogP contribution in [0, 0.1) is 11.6 Å². The number of carbonyl (C=O) groups excluding carboxylic acids is 2. The highest BCUT2D eigenvalue weighted by Crippen LogP contribution is 2.33. The standard InChI is InChI=1S/C22H18F2N6O5/c1-5-15(31)26-11-9-30(2)29-20(11)27-22-25-8-10-6-14(35-21(10)28-22)19(32)16-17(23)12(33-3)7-13(34-4)18(16)24/h5-9H,1H2,2-4H3,(H,26,31)(H,25,27,28,29). The van der Waals surface area contributed by atoms with Gasteiger partial charge in [0.1, 0.15) is 11.3 Å². The van der Waals surface area contributed by atoms with E-state index in [1.54, 1.807) is 13.2 Å². The Bertz CT molecular complexity index is 1450. The van der Waals surface area contributed by atoms with Crippen LogP contribution in [0.1, 0.15) is 16.1 Å². The number of methoxy groups -OCH3 is 2. The van der Waals surface area contributed by atoms with Gasteiger partial charge >= 0.3 is 0 Å². The first-order valence-electron chi connectivity index (χ1n) is 9.91. The molecule has 0 radical (unpaired) electrons. The van der Waals surface area contributed by atoms with Crippen LogP contribution in [0.25, 0.3) is 11.1 Å². The summed E-state index contributed by atoms with van der Waals surface area (Å²) >= 11 is 0. The van der Waals surface area contributed by atoms with E-state index in [9.17, 15) is 18.4 Å². The molecule has 0 aliphatic rings. The van der Waals surface area contributed by atoms with Crippen LogP contribution in [0.4, 0.5) is 26.2 Å². The van der Waals surface area contributed by atoms with Crippen molar-refractivity contribution in [3.05, 3.63) is 60.1 Å². The Kier molecular flexibility index (Phi) is 6.14. The summed E-state index contributed by atoms with van der Waals surface area (Å²) in [6, 6.07) is 2.25. The first-order valence-corrected chi connectivity index (χ1v) is 9.91.